The van der Waals surface area contributed by atoms with E-state index < -0.39 is 5.69 Å². The molecule has 0 aliphatic rings. The lowest BCUT2D eigenvalue weighted by Gasteiger charge is -2.11. The monoisotopic (exact) mass is 421 g/mol. The number of nitrogens with zero attached hydrogens (tertiary/aromatic N) is 4. The summed E-state index contributed by atoms with van der Waals surface area (Å²) in [5, 5.41) is 3.29. The molecule has 31 heavy (non-hydrogen) atoms. The average molecular weight is 421 g/mol. The van der Waals surface area contributed by atoms with Gasteiger partial charge in [-0.2, -0.15) is 4.98 Å². The van der Waals surface area contributed by atoms with E-state index in [4.69, 9.17) is 0 Å². The van der Waals surface area contributed by atoms with Crippen molar-refractivity contribution in [3.63, 3.8) is 0 Å². The second kappa shape index (κ2) is 8.22. The van der Waals surface area contributed by atoms with Crippen molar-refractivity contribution in [2.75, 3.05) is 11.9 Å². The maximum Gasteiger partial charge on any atom is 0.332 e. The normalized spacial score (nSPS) is 11.2. The highest BCUT2D eigenvalue weighted by Gasteiger charge is 2.19. The average Bonchev–Trinajstić information content (AvgIpc) is 3.12. The summed E-state index contributed by atoms with van der Waals surface area (Å²) in [6.45, 7) is 2.99. The van der Waals surface area contributed by atoms with Gasteiger partial charge in [-0.15, -0.1) is 0 Å². The summed E-state index contributed by atoms with van der Waals surface area (Å²) in [7, 11) is 3.07. The van der Waals surface area contributed by atoms with Crippen LogP contribution in [-0.4, -0.2) is 25.2 Å². The van der Waals surface area contributed by atoms with Crippen LogP contribution in [0.2, 0.25) is 0 Å². The van der Waals surface area contributed by atoms with Gasteiger partial charge in [0.25, 0.3) is 5.56 Å². The Kier molecular flexibility index (Phi) is 5.46. The minimum Gasteiger partial charge on any atom is -0.355 e. The summed E-state index contributed by atoms with van der Waals surface area (Å²) in [4.78, 5) is 29.9. The molecule has 0 spiro atoms. The number of aromatic nitrogens is 4. The Morgan fingerprint density at radius 2 is 1.58 bits per heavy atom. The van der Waals surface area contributed by atoms with Crippen molar-refractivity contribution in [3.8, 4) is 0 Å². The third kappa shape index (κ3) is 4.01. The zero-order valence-corrected chi connectivity index (χ0v) is 17.7. The molecule has 4 rings (SSSR count). The molecule has 2 aromatic carbocycles. The molecule has 0 saturated heterocycles. The van der Waals surface area contributed by atoms with Gasteiger partial charge in [-0.25, -0.2) is 9.18 Å². The topological polar surface area (TPSA) is 73.8 Å². The van der Waals surface area contributed by atoms with Gasteiger partial charge >= 0.3 is 5.69 Å². The third-order valence-electron chi connectivity index (χ3n) is 5.42. The molecule has 0 bridgehead atoms. The summed E-state index contributed by atoms with van der Waals surface area (Å²) in [5.74, 6) is 0.240. The first-order valence-electron chi connectivity index (χ1n) is 10.1. The molecular formula is C23H24FN5O2. The molecule has 0 aliphatic carbocycles. The molecular weight excluding hydrogens is 397 g/mol. The summed E-state index contributed by atoms with van der Waals surface area (Å²) in [5.41, 5.74) is 3.05. The Labute approximate surface area is 178 Å². The number of fused-ring (bicyclic) bond motifs is 1. The molecule has 0 unspecified atom stereocenters. The Bertz CT molecular complexity index is 1350. The van der Waals surface area contributed by atoms with E-state index in [9.17, 15) is 14.0 Å². The lowest BCUT2D eigenvalue weighted by molar-refractivity contribution is 0.627. The second-order valence-electron chi connectivity index (χ2n) is 7.69. The number of imidazole rings is 1. The molecule has 4 aromatic rings. The van der Waals surface area contributed by atoms with Crippen LogP contribution in [0.1, 0.15) is 16.7 Å². The van der Waals surface area contributed by atoms with Gasteiger partial charge in [-0.05, 0) is 36.6 Å². The lowest BCUT2D eigenvalue weighted by atomic mass is 10.1. The van der Waals surface area contributed by atoms with Gasteiger partial charge in [-0.3, -0.25) is 18.5 Å². The number of halogens is 1. The molecule has 7 nitrogen and oxygen atoms in total. The van der Waals surface area contributed by atoms with Crippen LogP contribution < -0.4 is 16.6 Å². The predicted molar refractivity (Wildman–Crippen MR) is 119 cm³/mol. The second-order valence-corrected chi connectivity index (χ2v) is 7.69. The van der Waals surface area contributed by atoms with Crippen LogP contribution in [0.25, 0.3) is 11.2 Å². The molecule has 8 heteroatoms. The van der Waals surface area contributed by atoms with E-state index in [-0.39, 0.29) is 11.4 Å². The SMILES string of the molecule is Cc1ccc(Cn2c(NCCc3ccc(F)cc3)nc3c2c(=O)n(C)c(=O)n3C)cc1. The number of anilines is 1. The van der Waals surface area contributed by atoms with Crippen molar-refractivity contribution in [3.05, 3.63) is 91.9 Å². The molecule has 1 N–H and O–H groups in total. The largest absolute Gasteiger partial charge is 0.355 e. The number of benzene rings is 2. The number of nitrogens with one attached hydrogen (secondary N) is 1. The van der Waals surface area contributed by atoms with Gasteiger partial charge in [0.2, 0.25) is 5.95 Å². The van der Waals surface area contributed by atoms with Crippen molar-refractivity contribution in [1.82, 2.24) is 18.7 Å². The number of hydrogen-bond donors (Lipinski definition) is 1. The van der Waals surface area contributed by atoms with Crippen molar-refractivity contribution < 1.29 is 4.39 Å². The molecule has 0 fully saturated rings. The summed E-state index contributed by atoms with van der Waals surface area (Å²) >= 11 is 0. The van der Waals surface area contributed by atoms with Gasteiger partial charge < -0.3 is 5.32 Å². The van der Waals surface area contributed by atoms with Gasteiger partial charge in [0.05, 0.1) is 6.54 Å². The van der Waals surface area contributed by atoms with Crippen LogP contribution in [0.4, 0.5) is 10.3 Å². The van der Waals surface area contributed by atoms with Crippen LogP contribution in [0, 0.1) is 12.7 Å². The Morgan fingerprint density at radius 1 is 0.935 bits per heavy atom. The van der Waals surface area contributed by atoms with Gasteiger partial charge in [0.15, 0.2) is 11.2 Å². The van der Waals surface area contributed by atoms with Crippen LogP contribution in [0.3, 0.4) is 0 Å². The molecule has 0 saturated carbocycles. The Morgan fingerprint density at radius 3 is 2.26 bits per heavy atom. The zero-order chi connectivity index (χ0) is 22.1. The van der Waals surface area contributed by atoms with Crippen LogP contribution in [0.15, 0.2) is 58.1 Å². The van der Waals surface area contributed by atoms with E-state index in [0.29, 0.717) is 36.6 Å². The maximum absolute atomic E-state index is 13.1. The first kappa shape index (κ1) is 20.6. The van der Waals surface area contributed by atoms with E-state index in [0.717, 1.165) is 21.3 Å². The highest BCUT2D eigenvalue weighted by atomic mass is 19.1. The number of rotatable bonds is 6. The maximum atomic E-state index is 13.1. The van der Waals surface area contributed by atoms with E-state index in [2.05, 4.69) is 10.3 Å². The van der Waals surface area contributed by atoms with E-state index in [1.54, 1.807) is 19.2 Å². The summed E-state index contributed by atoms with van der Waals surface area (Å²) in [6, 6.07) is 14.4. The standard InChI is InChI=1S/C23H24FN5O2/c1-15-4-6-17(7-5-15)14-29-19-20(27(2)23(31)28(3)21(19)30)26-22(29)25-13-12-16-8-10-18(24)11-9-16/h4-11H,12-14H2,1-3H3,(H,25,26). The minimum atomic E-state index is -0.421. The van der Waals surface area contributed by atoms with E-state index >= 15 is 0 Å². The Hall–Kier alpha value is -3.68. The minimum absolute atomic E-state index is 0.270. The van der Waals surface area contributed by atoms with E-state index in [1.807, 2.05) is 35.8 Å². The van der Waals surface area contributed by atoms with Crippen molar-refractivity contribution in [2.45, 2.75) is 19.9 Å². The molecule has 0 atom stereocenters. The number of aryl methyl sites for hydroxylation is 2. The van der Waals surface area contributed by atoms with Crippen molar-refractivity contribution in [1.29, 1.82) is 0 Å². The highest BCUT2D eigenvalue weighted by molar-refractivity contribution is 5.74. The van der Waals surface area contributed by atoms with Gasteiger partial charge in [-0.1, -0.05) is 42.0 Å². The van der Waals surface area contributed by atoms with Gasteiger partial charge in [0, 0.05) is 20.6 Å². The smallest absolute Gasteiger partial charge is 0.332 e. The Balaban J connectivity index is 1.73. The third-order valence-corrected chi connectivity index (χ3v) is 5.42. The van der Waals surface area contributed by atoms with Crippen molar-refractivity contribution >= 4 is 17.1 Å². The predicted octanol–water partition coefficient (Wildman–Crippen LogP) is 2.58. The highest BCUT2D eigenvalue weighted by Crippen LogP contribution is 2.18. The molecule has 0 radical (unpaired) electrons. The zero-order valence-electron chi connectivity index (χ0n) is 17.7. The van der Waals surface area contributed by atoms with Crippen LogP contribution in [-0.2, 0) is 27.1 Å². The molecule has 160 valence electrons. The molecule has 2 aromatic heterocycles. The molecule has 2 heterocycles. The first-order valence-corrected chi connectivity index (χ1v) is 10.1. The fourth-order valence-corrected chi connectivity index (χ4v) is 3.58. The fourth-order valence-electron chi connectivity index (χ4n) is 3.58. The molecule has 0 aliphatic heterocycles. The number of hydrogen-bond acceptors (Lipinski definition) is 4. The van der Waals surface area contributed by atoms with Crippen LogP contribution in [0.5, 0.6) is 0 Å². The summed E-state index contributed by atoms with van der Waals surface area (Å²) in [6.07, 6.45) is 0.658. The summed E-state index contributed by atoms with van der Waals surface area (Å²) < 4.78 is 17.4. The van der Waals surface area contributed by atoms with E-state index in [1.165, 1.54) is 23.7 Å². The fraction of sp³-hybridized carbons (Fsp3) is 0.261. The van der Waals surface area contributed by atoms with Crippen LogP contribution >= 0.6 is 0 Å². The first-order chi connectivity index (χ1) is 14.8. The quantitative estimate of drug-likeness (QED) is 0.519. The lowest BCUT2D eigenvalue weighted by Crippen LogP contribution is -2.37. The van der Waals surface area contributed by atoms with Crippen molar-refractivity contribution in [2.24, 2.45) is 14.1 Å². The molecule has 0 amide bonds. The van der Waals surface area contributed by atoms with Gasteiger partial charge in [0.1, 0.15) is 5.82 Å².